The van der Waals surface area contributed by atoms with Crippen LogP contribution < -0.4 is 0 Å². The van der Waals surface area contributed by atoms with Gasteiger partial charge in [0.1, 0.15) is 0 Å². The Morgan fingerprint density at radius 2 is 1.27 bits per heavy atom. The van der Waals surface area contributed by atoms with Crippen molar-refractivity contribution in [2.24, 2.45) is 16.7 Å². The maximum absolute atomic E-state index is 12.9. The molecule has 1 unspecified atom stereocenters. The maximum Gasteiger partial charge on any atom is 0.394 e. The van der Waals surface area contributed by atoms with E-state index in [4.69, 9.17) is 0 Å². The van der Waals surface area contributed by atoms with E-state index in [9.17, 15) is 13.2 Å². The highest BCUT2D eigenvalue weighted by Gasteiger charge is 2.52. The largest absolute Gasteiger partial charge is 0.394 e. The second-order valence-corrected chi connectivity index (χ2v) is 6.13. The van der Waals surface area contributed by atoms with Crippen LogP contribution in [0.3, 0.4) is 0 Å². The van der Waals surface area contributed by atoms with Crippen molar-refractivity contribution < 1.29 is 13.2 Å². The van der Waals surface area contributed by atoms with E-state index >= 15 is 0 Å². The molecule has 3 heteroatoms. The van der Waals surface area contributed by atoms with Gasteiger partial charge in [-0.15, -0.1) is 0 Å². The summed E-state index contributed by atoms with van der Waals surface area (Å²) in [5.74, 6) is -0.375. The van der Waals surface area contributed by atoms with Crippen molar-refractivity contribution in [2.45, 2.75) is 60.6 Å². The van der Waals surface area contributed by atoms with Crippen molar-refractivity contribution in [1.29, 1.82) is 0 Å². The highest BCUT2D eigenvalue weighted by atomic mass is 19.4. The second-order valence-electron chi connectivity index (χ2n) is 6.13. The summed E-state index contributed by atoms with van der Waals surface area (Å²) in [7, 11) is 0. The normalized spacial score (nSPS) is 18.0. The highest BCUT2D eigenvalue weighted by molar-refractivity contribution is 4.86. The zero-order chi connectivity index (χ0) is 12.5. The molecule has 15 heavy (non-hydrogen) atoms. The van der Waals surface area contributed by atoms with Gasteiger partial charge in [-0.25, -0.2) is 0 Å². The molecule has 0 aromatic heterocycles. The standard InChI is InChI=1S/C12H23F3/c1-9(2)11(6,12(13,14)15)8-7-10(3,4)5/h9H,7-8H2,1-6H3. The molecule has 0 aromatic carbocycles. The van der Waals surface area contributed by atoms with Crippen LogP contribution in [0.15, 0.2) is 0 Å². The summed E-state index contributed by atoms with van der Waals surface area (Å²) < 4.78 is 38.8. The average Bonchev–Trinajstić information content (AvgIpc) is 1.95. The fourth-order valence-electron chi connectivity index (χ4n) is 1.39. The first kappa shape index (κ1) is 14.8. The quantitative estimate of drug-likeness (QED) is 0.630. The minimum absolute atomic E-state index is 0.0403. The van der Waals surface area contributed by atoms with E-state index in [0.29, 0.717) is 6.42 Å². The van der Waals surface area contributed by atoms with E-state index in [1.54, 1.807) is 13.8 Å². The molecule has 0 saturated heterocycles. The minimum Gasteiger partial charge on any atom is -0.171 e. The average molecular weight is 224 g/mol. The minimum atomic E-state index is -4.10. The lowest BCUT2D eigenvalue weighted by atomic mass is 9.71. The zero-order valence-corrected chi connectivity index (χ0v) is 10.6. The lowest BCUT2D eigenvalue weighted by Gasteiger charge is -2.37. The van der Waals surface area contributed by atoms with Gasteiger partial charge in [-0.2, -0.15) is 13.2 Å². The predicted molar refractivity (Wildman–Crippen MR) is 57.7 cm³/mol. The molecule has 0 radical (unpaired) electrons. The molecule has 0 aliphatic heterocycles. The van der Waals surface area contributed by atoms with E-state index < -0.39 is 11.6 Å². The molecule has 0 spiro atoms. The van der Waals surface area contributed by atoms with Gasteiger partial charge >= 0.3 is 6.18 Å². The zero-order valence-electron chi connectivity index (χ0n) is 10.6. The summed E-state index contributed by atoms with van der Waals surface area (Å²) in [5, 5.41) is 0. The summed E-state index contributed by atoms with van der Waals surface area (Å²) in [5.41, 5.74) is -1.60. The van der Waals surface area contributed by atoms with Crippen LogP contribution in [0.5, 0.6) is 0 Å². The molecule has 1 atom stereocenters. The van der Waals surface area contributed by atoms with Crippen molar-refractivity contribution in [2.75, 3.05) is 0 Å². The first-order valence-electron chi connectivity index (χ1n) is 5.47. The van der Waals surface area contributed by atoms with Crippen LogP contribution in [0.4, 0.5) is 13.2 Å². The number of hydrogen-bond acceptors (Lipinski definition) is 0. The summed E-state index contributed by atoms with van der Waals surface area (Å²) in [6.45, 7) is 10.6. The van der Waals surface area contributed by atoms with Gasteiger partial charge in [0, 0.05) is 0 Å². The molecule has 0 rings (SSSR count). The van der Waals surface area contributed by atoms with Crippen molar-refractivity contribution in [3.8, 4) is 0 Å². The van der Waals surface area contributed by atoms with E-state index in [2.05, 4.69) is 0 Å². The van der Waals surface area contributed by atoms with Crippen molar-refractivity contribution in [3.05, 3.63) is 0 Å². The monoisotopic (exact) mass is 224 g/mol. The Labute approximate surface area is 91.3 Å². The number of alkyl halides is 3. The third kappa shape index (κ3) is 4.04. The number of rotatable bonds is 3. The van der Waals surface area contributed by atoms with Crippen molar-refractivity contribution in [3.63, 3.8) is 0 Å². The molecule has 0 saturated carbocycles. The first-order chi connectivity index (χ1) is 6.40. The van der Waals surface area contributed by atoms with Crippen molar-refractivity contribution in [1.82, 2.24) is 0 Å². The van der Waals surface area contributed by atoms with Crippen LogP contribution in [-0.4, -0.2) is 6.18 Å². The molecule has 0 aliphatic carbocycles. The van der Waals surface area contributed by atoms with Gasteiger partial charge in [0.05, 0.1) is 5.41 Å². The molecular weight excluding hydrogens is 201 g/mol. The molecule has 0 amide bonds. The molecule has 0 aliphatic rings. The SMILES string of the molecule is CC(C)C(C)(CCC(C)(C)C)C(F)(F)F. The summed E-state index contributed by atoms with van der Waals surface area (Å²) >= 11 is 0. The lowest BCUT2D eigenvalue weighted by Crippen LogP contribution is -2.40. The Morgan fingerprint density at radius 1 is 0.867 bits per heavy atom. The number of halogens is 3. The van der Waals surface area contributed by atoms with Crippen LogP contribution in [0.2, 0.25) is 0 Å². The third-order valence-corrected chi connectivity index (χ3v) is 3.32. The first-order valence-corrected chi connectivity index (χ1v) is 5.47. The van der Waals surface area contributed by atoms with E-state index in [1.807, 2.05) is 20.8 Å². The van der Waals surface area contributed by atoms with Gasteiger partial charge in [0.25, 0.3) is 0 Å². The van der Waals surface area contributed by atoms with Gasteiger partial charge in [-0.1, -0.05) is 41.5 Å². The molecule has 92 valence electrons. The maximum atomic E-state index is 12.9. The smallest absolute Gasteiger partial charge is 0.171 e. The van der Waals surface area contributed by atoms with Crippen molar-refractivity contribution >= 4 is 0 Å². The van der Waals surface area contributed by atoms with Gasteiger partial charge in [-0.3, -0.25) is 0 Å². The van der Waals surface area contributed by atoms with E-state index in [1.165, 1.54) is 6.92 Å². The lowest BCUT2D eigenvalue weighted by molar-refractivity contribution is -0.236. The number of hydrogen-bond donors (Lipinski definition) is 0. The van der Waals surface area contributed by atoms with Gasteiger partial charge in [0.15, 0.2) is 0 Å². The molecule has 0 nitrogen and oxygen atoms in total. The Bertz CT molecular complexity index is 198. The van der Waals surface area contributed by atoms with Crippen LogP contribution in [-0.2, 0) is 0 Å². The third-order valence-electron chi connectivity index (χ3n) is 3.32. The van der Waals surface area contributed by atoms with Gasteiger partial charge < -0.3 is 0 Å². The molecule has 0 fully saturated rings. The fourth-order valence-corrected chi connectivity index (χ4v) is 1.39. The Hall–Kier alpha value is -0.210. The summed E-state index contributed by atoms with van der Waals surface area (Å²) in [4.78, 5) is 0. The van der Waals surface area contributed by atoms with Crippen LogP contribution in [0, 0.1) is 16.7 Å². The second kappa shape index (κ2) is 4.34. The van der Waals surface area contributed by atoms with Crippen LogP contribution >= 0.6 is 0 Å². The Morgan fingerprint density at radius 3 is 1.47 bits per heavy atom. The van der Waals surface area contributed by atoms with E-state index in [-0.39, 0.29) is 17.8 Å². The fraction of sp³-hybridized carbons (Fsp3) is 1.00. The summed E-state index contributed by atoms with van der Waals surface area (Å²) in [6.07, 6.45) is -3.30. The molecule has 0 aromatic rings. The Balaban J connectivity index is 4.70. The highest BCUT2D eigenvalue weighted by Crippen LogP contribution is 2.48. The van der Waals surface area contributed by atoms with Crippen LogP contribution in [0.1, 0.15) is 54.4 Å². The topological polar surface area (TPSA) is 0 Å². The molecule has 0 heterocycles. The Kier molecular flexibility index (Phi) is 4.28. The van der Waals surface area contributed by atoms with Gasteiger partial charge in [0.2, 0.25) is 0 Å². The summed E-state index contributed by atoms with van der Waals surface area (Å²) in [6, 6.07) is 0. The van der Waals surface area contributed by atoms with Gasteiger partial charge in [-0.05, 0) is 24.2 Å². The van der Waals surface area contributed by atoms with E-state index in [0.717, 1.165) is 0 Å². The van der Waals surface area contributed by atoms with Crippen LogP contribution in [0.25, 0.3) is 0 Å². The molecule has 0 N–H and O–H groups in total. The molecular formula is C12H23F3. The molecule has 0 bridgehead atoms. The predicted octanol–water partition coefficient (Wildman–Crippen LogP) is 5.04.